The zero-order chi connectivity index (χ0) is 17.1. The van der Waals surface area contributed by atoms with Crippen LogP contribution in [0.3, 0.4) is 0 Å². The summed E-state index contributed by atoms with van der Waals surface area (Å²) in [6, 6.07) is 6.04. The van der Waals surface area contributed by atoms with Crippen molar-refractivity contribution >= 4 is 26.7 Å². The van der Waals surface area contributed by atoms with E-state index >= 15 is 0 Å². The van der Waals surface area contributed by atoms with Gasteiger partial charge in [0.1, 0.15) is 5.75 Å². The van der Waals surface area contributed by atoms with Gasteiger partial charge in [0.2, 0.25) is 5.88 Å². The summed E-state index contributed by atoms with van der Waals surface area (Å²) >= 11 is 1.73. The second-order valence-corrected chi connectivity index (χ2v) is 7.12. The number of aromatic nitrogens is 3. The lowest BCUT2D eigenvalue weighted by Crippen LogP contribution is -2.35. The number of methoxy groups -OCH3 is 1. The lowest BCUT2D eigenvalue weighted by Gasteiger charge is -2.31. The second kappa shape index (κ2) is 7.23. The number of anilines is 1. The summed E-state index contributed by atoms with van der Waals surface area (Å²) in [6.07, 6.45) is 7.16. The Bertz CT molecular complexity index is 831. The molecule has 0 amide bonds. The van der Waals surface area contributed by atoms with E-state index in [-0.39, 0.29) is 0 Å². The van der Waals surface area contributed by atoms with Crippen LogP contribution in [0.15, 0.2) is 36.8 Å². The Balaban J connectivity index is 1.35. The molecule has 3 heterocycles. The quantitative estimate of drug-likeness (QED) is 0.698. The van der Waals surface area contributed by atoms with Gasteiger partial charge in [-0.05, 0) is 37.0 Å². The van der Waals surface area contributed by atoms with E-state index in [4.69, 9.17) is 14.5 Å². The van der Waals surface area contributed by atoms with Crippen LogP contribution in [0.4, 0.5) is 5.13 Å². The van der Waals surface area contributed by atoms with Crippen LogP contribution in [0.2, 0.25) is 0 Å². The highest BCUT2D eigenvalue weighted by Crippen LogP contribution is 2.33. The smallest absolute Gasteiger partial charge is 0.232 e. The van der Waals surface area contributed by atoms with Gasteiger partial charge in [-0.3, -0.25) is 4.98 Å². The zero-order valence-electron chi connectivity index (χ0n) is 14.1. The number of nitrogens with zero attached hydrogens (tertiary/aromatic N) is 4. The molecule has 0 unspecified atom stereocenters. The third kappa shape index (κ3) is 3.66. The molecular formula is C18H20N4O2S. The topological polar surface area (TPSA) is 60.4 Å². The first-order valence-electron chi connectivity index (χ1n) is 8.40. The van der Waals surface area contributed by atoms with E-state index in [0.717, 1.165) is 42.3 Å². The molecule has 4 rings (SSSR count). The average molecular weight is 356 g/mol. The first kappa shape index (κ1) is 16.1. The number of hydrogen-bond donors (Lipinski definition) is 0. The van der Waals surface area contributed by atoms with E-state index < -0.39 is 0 Å². The minimum absolute atomic E-state index is 0.549. The summed E-state index contributed by atoms with van der Waals surface area (Å²) in [4.78, 5) is 15.3. The van der Waals surface area contributed by atoms with Crippen molar-refractivity contribution in [2.75, 3.05) is 31.7 Å². The van der Waals surface area contributed by atoms with Crippen molar-refractivity contribution in [3.8, 4) is 11.6 Å². The molecule has 0 radical (unpaired) electrons. The molecule has 1 aliphatic heterocycles. The van der Waals surface area contributed by atoms with E-state index in [1.807, 2.05) is 12.1 Å². The number of benzene rings is 1. The summed E-state index contributed by atoms with van der Waals surface area (Å²) in [6.45, 7) is 2.71. The first-order chi connectivity index (χ1) is 12.3. The average Bonchev–Trinajstić information content (AvgIpc) is 3.10. The molecule has 7 heteroatoms. The van der Waals surface area contributed by atoms with Gasteiger partial charge < -0.3 is 14.4 Å². The molecule has 1 aliphatic rings. The number of thiazole rings is 1. The largest absolute Gasteiger partial charge is 0.497 e. The third-order valence-electron chi connectivity index (χ3n) is 4.48. The molecule has 0 spiro atoms. The summed E-state index contributed by atoms with van der Waals surface area (Å²) in [5.41, 5.74) is 1.04. The van der Waals surface area contributed by atoms with Crippen molar-refractivity contribution in [3.05, 3.63) is 36.8 Å². The third-order valence-corrected chi connectivity index (χ3v) is 5.55. The van der Waals surface area contributed by atoms with E-state index in [9.17, 15) is 0 Å². The van der Waals surface area contributed by atoms with E-state index in [1.54, 1.807) is 37.0 Å². The Kier molecular flexibility index (Phi) is 4.65. The summed E-state index contributed by atoms with van der Waals surface area (Å²) in [5, 5.41) is 1.09. The molecule has 3 aromatic rings. The van der Waals surface area contributed by atoms with Gasteiger partial charge in [-0.2, -0.15) is 0 Å². The Morgan fingerprint density at radius 2 is 2.12 bits per heavy atom. The van der Waals surface area contributed by atoms with Crippen LogP contribution in [0, 0.1) is 5.92 Å². The van der Waals surface area contributed by atoms with E-state index in [0.29, 0.717) is 18.4 Å². The van der Waals surface area contributed by atoms with Gasteiger partial charge in [-0.1, -0.05) is 11.3 Å². The summed E-state index contributed by atoms with van der Waals surface area (Å²) in [7, 11) is 1.69. The maximum atomic E-state index is 5.74. The molecular weight excluding hydrogens is 336 g/mol. The Morgan fingerprint density at radius 1 is 1.24 bits per heavy atom. The number of rotatable bonds is 5. The highest BCUT2D eigenvalue weighted by Gasteiger charge is 2.22. The van der Waals surface area contributed by atoms with Gasteiger partial charge in [0.25, 0.3) is 0 Å². The standard InChI is InChI=1S/C18H20N4O2S/c1-23-14-2-3-15-16(10-14)25-18(21-15)22-8-4-13(5-9-22)12-24-17-11-19-6-7-20-17/h2-3,6-7,10-11,13H,4-5,8-9,12H2,1H3. The molecule has 6 nitrogen and oxygen atoms in total. The monoisotopic (exact) mass is 356 g/mol. The molecule has 2 aromatic heterocycles. The number of piperidine rings is 1. The lowest BCUT2D eigenvalue weighted by molar-refractivity contribution is 0.215. The predicted molar refractivity (Wildman–Crippen MR) is 98.6 cm³/mol. The van der Waals surface area contributed by atoms with Crippen LogP contribution in [0.1, 0.15) is 12.8 Å². The van der Waals surface area contributed by atoms with Gasteiger partial charge >= 0.3 is 0 Å². The Hall–Kier alpha value is -2.41. The minimum Gasteiger partial charge on any atom is -0.497 e. The van der Waals surface area contributed by atoms with Crippen molar-refractivity contribution in [2.45, 2.75) is 12.8 Å². The lowest BCUT2D eigenvalue weighted by atomic mass is 9.98. The van der Waals surface area contributed by atoms with Gasteiger partial charge in [-0.25, -0.2) is 9.97 Å². The minimum atomic E-state index is 0.549. The maximum absolute atomic E-state index is 5.74. The normalized spacial score (nSPS) is 15.5. The van der Waals surface area contributed by atoms with Crippen LogP contribution >= 0.6 is 11.3 Å². The van der Waals surface area contributed by atoms with E-state index in [2.05, 4.69) is 20.9 Å². The Morgan fingerprint density at radius 3 is 2.88 bits per heavy atom. The van der Waals surface area contributed by atoms with Gasteiger partial charge in [0.05, 0.1) is 30.1 Å². The van der Waals surface area contributed by atoms with E-state index in [1.165, 1.54) is 4.70 Å². The van der Waals surface area contributed by atoms with Crippen molar-refractivity contribution < 1.29 is 9.47 Å². The van der Waals surface area contributed by atoms with Crippen molar-refractivity contribution in [1.29, 1.82) is 0 Å². The second-order valence-electron chi connectivity index (χ2n) is 6.12. The number of ether oxygens (including phenoxy) is 2. The molecule has 0 aliphatic carbocycles. The van der Waals surface area contributed by atoms with Crippen LogP contribution < -0.4 is 14.4 Å². The fourth-order valence-electron chi connectivity index (χ4n) is 3.01. The molecule has 1 aromatic carbocycles. The fraction of sp³-hybridized carbons (Fsp3) is 0.389. The van der Waals surface area contributed by atoms with Gasteiger partial charge in [-0.15, -0.1) is 0 Å². The van der Waals surface area contributed by atoms with Crippen LogP contribution in [-0.2, 0) is 0 Å². The fourth-order valence-corrected chi connectivity index (χ4v) is 4.05. The highest BCUT2D eigenvalue weighted by molar-refractivity contribution is 7.22. The van der Waals surface area contributed by atoms with Crippen LogP contribution in [-0.4, -0.2) is 41.8 Å². The molecule has 130 valence electrons. The predicted octanol–water partition coefficient (Wildman–Crippen LogP) is 3.39. The summed E-state index contributed by atoms with van der Waals surface area (Å²) < 4.78 is 12.2. The van der Waals surface area contributed by atoms with Gasteiger partial charge in [0.15, 0.2) is 5.13 Å². The first-order valence-corrected chi connectivity index (χ1v) is 9.22. The molecule has 1 fully saturated rings. The van der Waals surface area contributed by atoms with Crippen molar-refractivity contribution in [1.82, 2.24) is 15.0 Å². The molecule has 0 atom stereocenters. The molecule has 0 N–H and O–H groups in total. The molecule has 25 heavy (non-hydrogen) atoms. The summed E-state index contributed by atoms with van der Waals surface area (Å²) in [5.74, 6) is 2.03. The number of fused-ring (bicyclic) bond motifs is 1. The molecule has 1 saturated heterocycles. The van der Waals surface area contributed by atoms with Crippen LogP contribution in [0.5, 0.6) is 11.6 Å². The molecule has 0 saturated carbocycles. The Labute approximate surface area is 150 Å². The maximum Gasteiger partial charge on any atom is 0.232 e. The SMILES string of the molecule is COc1ccc2nc(N3CCC(COc4cnccn4)CC3)sc2c1. The van der Waals surface area contributed by atoms with Crippen molar-refractivity contribution in [3.63, 3.8) is 0 Å². The van der Waals surface area contributed by atoms with Gasteiger partial charge in [0, 0.05) is 25.5 Å². The van der Waals surface area contributed by atoms with Crippen molar-refractivity contribution in [2.24, 2.45) is 5.92 Å². The highest BCUT2D eigenvalue weighted by atomic mass is 32.1. The molecule has 0 bridgehead atoms. The number of hydrogen-bond acceptors (Lipinski definition) is 7. The van der Waals surface area contributed by atoms with Crippen LogP contribution in [0.25, 0.3) is 10.2 Å². The zero-order valence-corrected chi connectivity index (χ0v) is 14.9.